The minimum Gasteiger partial charge on any atom is -0.772 e. The van der Waals surface area contributed by atoms with Crippen molar-refractivity contribution in [3.63, 3.8) is 0 Å². The van der Waals surface area contributed by atoms with E-state index in [0.29, 0.717) is 22.5 Å². The van der Waals surface area contributed by atoms with Gasteiger partial charge in [-0.1, -0.05) is 24.3 Å². The monoisotopic (exact) mass is 261 g/mol. The molecule has 0 bridgehead atoms. The van der Waals surface area contributed by atoms with Crippen LogP contribution in [0.1, 0.15) is 16.4 Å². The summed E-state index contributed by atoms with van der Waals surface area (Å²) < 4.78 is 22.8. The lowest BCUT2D eigenvalue weighted by atomic mass is 10.0. The van der Waals surface area contributed by atoms with Gasteiger partial charge in [-0.3, -0.25) is 4.21 Å². The van der Waals surface area contributed by atoms with Gasteiger partial charge in [0.1, 0.15) is 0 Å². The molecule has 0 fully saturated rings. The molecule has 0 heterocycles. The van der Waals surface area contributed by atoms with Crippen LogP contribution in [0.5, 0.6) is 0 Å². The molecule has 0 amide bonds. The Morgan fingerprint density at radius 2 is 1.17 bits per heavy atom. The average Bonchev–Trinajstić information content (AvgIpc) is 2.34. The summed E-state index contributed by atoms with van der Waals surface area (Å²) in [4.78, 5) is 0. The molecule has 2 aromatic rings. The molecule has 4 nitrogen and oxygen atoms in total. The van der Waals surface area contributed by atoms with Gasteiger partial charge in [-0.15, -0.1) is 0 Å². The van der Waals surface area contributed by atoms with E-state index in [0.717, 1.165) is 0 Å². The van der Waals surface area contributed by atoms with Crippen molar-refractivity contribution in [3.8, 4) is 0 Å². The van der Waals surface area contributed by atoms with Crippen molar-refractivity contribution in [2.45, 2.75) is 5.25 Å². The summed E-state index contributed by atoms with van der Waals surface area (Å²) in [6.07, 6.45) is 0. The van der Waals surface area contributed by atoms with Gasteiger partial charge in [0.15, 0.2) is 0 Å². The SMILES string of the molecule is Nc1ccc(C(c2ccc(N)cc2)S(=O)[O-])cc1. The van der Waals surface area contributed by atoms with E-state index in [1.807, 2.05) is 0 Å². The first kappa shape index (κ1) is 12.6. The Labute approximate surface area is 108 Å². The van der Waals surface area contributed by atoms with Crippen LogP contribution >= 0.6 is 0 Å². The van der Waals surface area contributed by atoms with Crippen LogP contribution in [0.2, 0.25) is 0 Å². The van der Waals surface area contributed by atoms with Gasteiger partial charge >= 0.3 is 0 Å². The molecular formula is C13H13N2O2S-. The highest BCUT2D eigenvalue weighted by Crippen LogP contribution is 2.28. The first-order valence-corrected chi connectivity index (χ1v) is 6.50. The number of hydrogen-bond acceptors (Lipinski definition) is 4. The molecular weight excluding hydrogens is 248 g/mol. The Morgan fingerprint density at radius 1 is 0.833 bits per heavy atom. The third kappa shape index (κ3) is 2.69. The van der Waals surface area contributed by atoms with Crippen molar-refractivity contribution < 1.29 is 8.76 Å². The zero-order valence-electron chi connectivity index (χ0n) is 9.58. The van der Waals surface area contributed by atoms with Gasteiger partial charge in [0.05, 0.1) is 5.25 Å². The average molecular weight is 261 g/mol. The zero-order chi connectivity index (χ0) is 13.1. The minimum absolute atomic E-state index is 0.603. The maximum absolute atomic E-state index is 11.4. The minimum atomic E-state index is -2.25. The van der Waals surface area contributed by atoms with Crippen LogP contribution < -0.4 is 11.5 Å². The summed E-state index contributed by atoms with van der Waals surface area (Å²) in [5.41, 5.74) is 13.8. The molecule has 1 atom stereocenters. The van der Waals surface area contributed by atoms with Crippen molar-refractivity contribution in [2.75, 3.05) is 11.5 Å². The fourth-order valence-corrected chi connectivity index (χ4v) is 2.51. The van der Waals surface area contributed by atoms with E-state index in [9.17, 15) is 8.76 Å². The summed E-state index contributed by atoms with van der Waals surface area (Å²) >= 11 is -2.25. The van der Waals surface area contributed by atoms with Crippen LogP contribution in [0.3, 0.4) is 0 Å². The van der Waals surface area contributed by atoms with E-state index in [1.54, 1.807) is 48.5 Å². The summed E-state index contributed by atoms with van der Waals surface area (Å²) in [5, 5.41) is -0.703. The van der Waals surface area contributed by atoms with Crippen LogP contribution in [0.25, 0.3) is 0 Å². The first-order valence-electron chi connectivity index (χ1n) is 5.37. The molecule has 0 aliphatic carbocycles. The maximum Gasteiger partial charge on any atom is 0.0714 e. The van der Waals surface area contributed by atoms with E-state index in [2.05, 4.69) is 0 Å². The third-order valence-electron chi connectivity index (χ3n) is 2.67. The maximum atomic E-state index is 11.4. The van der Waals surface area contributed by atoms with Gasteiger partial charge < -0.3 is 16.0 Å². The number of benzene rings is 2. The molecule has 0 radical (unpaired) electrons. The first-order chi connectivity index (χ1) is 8.58. The Kier molecular flexibility index (Phi) is 3.64. The summed E-state index contributed by atoms with van der Waals surface area (Å²) in [5.74, 6) is 0. The highest BCUT2D eigenvalue weighted by Gasteiger charge is 2.14. The standard InChI is InChI=1S/C13H14N2O2S/c14-11-5-1-9(2-6-11)13(18(16)17)10-3-7-12(15)8-4-10/h1-8,13H,14-15H2,(H,16,17)/p-1. The normalized spacial score (nSPS) is 12.6. The number of hydrogen-bond donors (Lipinski definition) is 2. The van der Waals surface area contributed by atoms with Gasteiger partial charge in [0.25, 0.3) is 0 Å². The Balaban J connectivity index is 2.43. The van der Waals surface area contributed by atoms with Crippen molar-refractivity contribution >= 4 is 22.5 Å². The molecule has 4 N–H and O–H groups in total. The molecule has 0 spiro atoms. The van der Waals surface area contributed by atoms with Gasteiger partial charge in [0.2, 0.25) is 0 Å². The lowest BCUT2D eigenvalue weighted by Gasteiger charge is -2.21. The Morgan fingerprint density at radius 3 is 1.44 bits per heavy atom. The number of nitrogens with two attached hydrogens (primary N) is 2. The second-order valence-electron chi connectivity index (χ2n) is 3.97. The molecule has 2 aromatic carbocycles. The zero-order valence-corrected chi connectivity index (χ0v) is 10.4. The molecule has 2 rings (SSSR count). The molecule has 1 unspecified atom stereocenters. The van der Waals surface area contributed by atoms with Crippen LogP contribution in [0.4, 0.5) is 11.4 Å². The second kappa shape index (κ2) is 5.20. The lowest BCUT2D eigenvalue weighted by molar-refractivity contribution is 0.530. The van der Waals surface area contributed by atoms with E-state index >= 15 is 0 Å². The third-order valence-corrected chi connectivity index (χ3v) is 3.60. The van der Waals surface area contributed by atoms with Gasteiger partial charge in [-0.2, -0.15) is 0 Å². The Bertz CT molecular complexity index is 507. The van der Waals surface area contributed by atoms with Crippen LogP contribution in [0.15, 0.2) is 48.5 Å². The molecule has 5 heteroatoms. The van der Waals surface area contributed by atoms with Gasteiger partial charge in [0, 0.05) is 11.4 Å². The largest absolute Gasteiger partial charge is 0.772 e. The van der Waals surface area contributed by atoms with Crippen LogP contribution in [-0.2, 0) is 11.1 Å². The van der Waals surface area contributed by atoms with Crippen molar-refractivity contribution in [2.24, 2.45) is 0 Å². The predicted octanol–water partition coefficient (Wildman–Crippen LogP) is 1.82. The van der Waals surface area contributed by atoms with Gasteiger partial charge in [-0.25, -0.2) is 0 Å². The molecule has 0 aliphatic rings. The van der Waals surface area contributed by atoms with Crippen molar-refractivity contribution in [1.82, 2.24) is 0 Å². The molecule has 0 saturated carbocycles. The van der Waals surface area contributed by atoms with Crippen molar-refractivity contribution in [3.05, 3.63) is 59.7 Å². The summed E-state index contributed by atoms with van der Waals surface area (Å²) in [7, 11) is 0. The topological polar surface area (TPSA) is 92.2 Å². The number of nitrogen functional groups attached to an aromatic ring is 2. The molecule has 0 aliphatic heterocycles. The van der Waals surface area contributed by atoms with Crippen LogP contribution in [0, 0.1) is 0 Å². The predicted molar refractivity (Wildman–Crippen MR) is 72.5 cm³/mol. The van der Waals surface area contributed by atoms with Gasteiger partial charge in [-0.05, 0) is 46.5 Å². The quantitative estimate of drug-likeness (QED) is 0.651. The van der Waals surface area contributed by atoms with E-state index in [-0.39, 0.29) is 0 Å². The number of rotatable bonds is 3. The highest BCUT2D eigenvalue weighted by molar-refractivity contribution is 7.79. The molecule has 0 saturated heterocycles. The second-order valence-corrected chi connectivity index (χ2v) is 4.97. The fraction of sp³-hybridized carbons (Fsp3) is 0.0769. The lowest BCUT2D eigenvalue weighted by Crippen LogP contribution is -2.08. The highest BCUT2D eigenvalue weighted by atomic mass is 32.2. The number of anilines is 2. The molecule has 0 aromatic heterocycles. The van der Waals surface area contributed by atoms with E-state index in [1.165, 1.54) is 0 Å². The van der Waals surface area contributed by atoms with E-state index in [4.69, 9.17) is 11.5 Å². The fourth-order valence-electron chi connectivity index (χ4n) is 1.76. The molecule has 94 valence electrons. The van der Waals surface area contributed by atoms with Crippen molar-refractivity contribution in [1.29, 1.82) is 0 Å². The van der Waals surface area contributed by atoms with E-state index < -0.39 is 16.3 Å². The molecule has 18 heavy (non-hydrogen) atoms. The summed E-state index contributed by atoms with van der Waals surface area (Å²) in [6.45, 7) is 0. The Hall–Kier alpha value is -1.85. The smallest absolute Gasteiger partial charge is 0.0714 e. The summed E-state index contributed by atoms with van der Waals surface area (Å²) in [6, 6.07) is 13.6. The van der Waals surface area contributed by atoms with Crippen LogP contribution in [-0.4, -0.2) is 8.76 Å².